The summed E-state index contributed by atoms with van der Waals surface area (Å²) >= 11 is 1.21. The van der Waals surface area contributed by atoms with Crippen LogP contribution in [0.1, 0.15) is 18.5 Å². The Morgan fingerprint density at radius 3 is 2.74 bits per heavy atom. The van der Waals surface area contributed by atoms with Gasteiger partial charge in [0.05, 0.1) is 5.69 Å². The molecular weight excluding hydrogens is 338 g/mol. The number of nitrogens with one attached hydrogen (secondary N) is 1. The number of hydrogen-bond acceptors (Lipinski definition) is 6. The van der Waals surface area contributed by atoms with E-state index in [2.05, 4.69) is 10.5 Å². The monoisotopic (exact) mass is 355 g/mol. The van der Waals surface area contributed by atoms with Crippen molar-refractivity contribution in [2.45, 2.75) is 24.0 Å². The molecule has 1 saturated heterocycles. The summed E-state index contributed by atoms with van der Waals surface area (Å²) in [4.78, 5) is 12.2. The number of aryl methyl sites for hydroxylation is 1. The molecule has 124 valence electrons. The van der Waals surface area contributed by atoms with Gasteiger partial charge in [-0.1, -0.05) is 11.2 Å². The van der Waals surface area contributed by atoms with Crippen molar-refractivity contribution in [1.29, 1.82) is 0 Å². The number of amides is 1. The largest absolute Gasteiger partial charge is 0.338 e. The molecule has 7 nitrogen and oxygen atoms in total. The molecule has 3 rings (SSSR count). The third-order valence-corrected chi connectivity index (χ3v) is 7.06. The maximum absolute atomic E-state index is 12.4. The lowest BCUT2D eigenvalue weighted by Crippen LogP contribution is -2.41. The second kappa shape index (κ2) is 6.42. The number of piperidine rings is 1. The van der Waals surface area contributed by atoms with Gasteiger partial charge in [0.1, 0.15) is 4.21 Å². The number of carbonyl (C=O) groups is 1. The molecule has 0 radical (unpaired) electrons. The van der Waals surface area contributed by atoms with Crippen molar-refractivity contribution < 1.29 is 17.7 Å². The zero-order valence-electron chi connectivity index (χ0n) is 12.6. The van der Waals surface area contributed by atoms with E-state index in [1.807, 2.05) is 0 Å². The van der Waals surface area contributed by atoms with Crippen LogP contribution in [0.5, 0.6) is 0 Å². The van der Waals surface area contributed by atoms with Crippen LogP contribution in [0.3, 0.4) is 0 Å². The molecule has 0 unspecified atom stereocenters. The zero-order valence-corrected chi connectivity index (χ0v) is 14.2. The van der Waals surface area contributed by atoms with Gasteiger partial charge in [-0.05, 0) is 31.2 Å². The minimum Gasteiger partial charge on any atom is -0.338 e. The smallest absolute Gasteiger partial charge is 0.252 e. The maximum atomic E-state index is 12.4. The number of aromatic nitrogens is 1. The van der Waals surface area contributed by atoms with E-state index in [-0.39, 0.29) is 11.8 Å². The first-order valence-corrected chi connectivity index (χ1v) is 9.56. The fourth-order valence-corrected chi connectivity index (χ4v) is 5.16. The van der Waals surface area contributed by atoms with E-state index >= 15 is 0 Å². The molecule has 23 heavy (non-hydrogen) atoms. The first-order chi connectivity index (χ1) is 11.0. The second-order valence-electron chi connectivity index (χ2n) is 5.43. The highest BCUT2D eigenvalue weighted by atomic mass is 32.2. The Kier molecular flexibility index (Phi) is 4.51. The van der Waals surface area contributed by atoms with E-state index in [1.165, 1.54) is 15.6 Å². The highest BCUT2D eigenvalue weighted by molar-refractivity contribution is 7.91. The molecule has 0 aromatic carbocycles. The van der Waals surface area contributed by atoms with Gasteiger partial charge in [0, 0.05) is 25.1 Å². The average molecular weight is 355 g/mol. The van der Waals surface area contributed by atoms with Gasteiger partial charge >= 0.3 is 0 Å². The summed E-state index contributed by atoms with van der Waals surface area (Å²) in [6, 6.07) is 4.97. The molecule has 0 saturated carbocycles. The van der Waals surface area contributed by atoms with Crippen molar-refractivity contribution in [3.05, 3.63) is 29.3 Å². The van der Waals surface area contributed by atoms with Crippen molar-refractivity contribution in [3.63, 3.8) is 0 Å². The third kappa shape index (κ3) is 3.46. The molecule has 1 amide bonds. The molecule has 3 heterocycles. The molecule has 0 aliphatic carbocycles. The molecule has 1 aliphatic heterocycles. The van der Waals surface area contributed by atoms with Crippen LogP contribution >= 0.6 is 11.3 Å². The highest BCUT2D eigenvalue weighted by Crippen LogP contribution is 2.27. The Morgan fingerprint density at radius 2 is 2.17 bits per heavy atom. The molecule has 0 spiro atoms. The molecule has 0 bridgehead atoms. The van der Waals surface area contributed by atoms with Crippen LogP contribution in [0.4, 0.5) is 5.88 Å². The fourth-order valence-electron chi connectivity index (χ4n) is 2.54. The van der Waals surface area contributed by atoms with Crippen LogP contribution in [0.25, 0.3) is 0 Å². The number of sulfonamides is 1. The standard InChI is InChI=1S/C14H17N3O4S2/c1-10-9-12(21-16-10)15-14(18)11-4-6-17(7-5-11)23(19,20)13-3-2-8-22-13/h2-3,8-9,11H,4-7H2,1H3,(H,15,18). The summed E-state index contributed by atoms with van der Waals surface area (Å²) in [6.45, 7) is 2.45. The van der Waals surface area contributed by atoms with Crippen LogP contribution < -0.4 is 5.32 Å². The first kappa shape index (κ1) is 16.2. The first-order valence-electron chi connectivity index (χ1n) is 7.24. The predicted molar refractivity (Wildman–Crippen MR) is 85.7 cm³/mol. The minimum atomic E-state index is -3.43. The topological polar surface area (TPSA) is 92.5 Å². The molecule has 1 fully saturated rings. The van der Waals surface area contributed by atoms with Crippen LogP contribution in [-0.2, 0) is 14.8 Å². The number of rotatable bonds is 4. The number of anilines is 1. The van der Waals surface area contributed by atoms with E-state index in [4.69, 9.17) is 4.52 Å². The van der Waals surface area contributed by atoms with Crippen LogP contribution in [0, 0.1) is 12.8 Å². The molecule has 1 aliphatic rings. The summed E-state index contributed by atoms with van der Waals surface area (Å²) in [5, 5.41) is 8.13. The van der Waals surface area contributed by atoms with Gasteiger partial charge in [0.25, 0.3) is 10.0 Å². The van der Waals surface area contributed by atoms with Crippen molar-refractivity contribution in [3.8, 4) is 0 Å². The normalized spacial score (nSPS) is 17.3. The number of carbonyl (C=O) groups excluding carboxylic acids is 1. The van der Waals surface area contributed by atoms with Gasteiger partial charge in [-0.25, -0.2) is 8.42 Å². The maximum Gasteiger partial charge on any atom is 0.252 e. The SMILES string of the molecule is Cc1cc(NC(=O)C2CCN(S(=O)(=O)c3cccs3)CC2)on1. The van der Waals surface area contributed by atoms with E-state index < -0.39 is 10.0 Å². The Balaban J connectivity index is 1.59. The molecule has 2 aromatic heterocycles. The molecule has 1 N–H and O–H groups in total. The summed E-state index contributed by atoms with van der Waals surface area (Å²) in [6.07, 6.45) is 0.979. The van der Waals surface area contributed by atoms with Crippen molar-refractivity contribution in [2.24, 2.45) is 5.92 Å². The average Bonchev–Trinajstić information content (AvgIpc) is 3.19. The van der Waals surface area contributed by atoms with Crippen molar-refractivity contribution in [2.75, 3.05) is 18.4 Å². The van der Waals surface area contributed by atoms with Gasteiger partial charge in [-0.2, -0.15) is 4.31 Å². The second-order valence-corrected chi connectivity index (χ2v) is 8.54. The van der Waals surface area contributed by atoms with Crippen LogP contribution in [0.15, 0.2) is 32.3 Å². The number of thiophene rings is 1. The summed E-state index contributed by atoms with van der Waals surface area (Å²) in [5.41, 5.74) is 0.692. The zero-order chi connectivity index (χ0) is 16.4. The fraction of sp³-hybridized carbons (Fsp3) is 0.429. The van der Waals surface area contributed by atoms with Gasteiger partial charge in [0.15, 0.2) is 0 Å². The lowest BCUT2D eigenvalue weighted by atomic mass is 9.97. The Hall–Kier alpha value is -1.71. The van der Waals surface area contributed by atoms with Crippen molar-refractivity contribution >= 4 is 33.2 Å². The predicted octanol–water partition coefficient (Wildman–Crippen LogP) is 2.08. The Morgan fingerprint density at radius 1 is 1.43 bits per heavy atom. The molecular formula is C14H17N3O4S2. The van der Waals surface area contributed by atoms with Crippen molar-refractivity contribution in [1.82, 2.24) is 9.46 Å². The van der Waals surface area contributed by atoms with E-state index in [1.54, 1.807) is 30.5 Å². The van der Waals surface area contributed by atoms with Gasteiger partial charge in [-0.15, -0.1) is 11.3 Å². The number of hydrogen-bond donors (Lipinski definition) is 1. The van der Waals surface area contributed by atoms with Gasteiger partial charge < -0.3 is 4.52 Å². The summed E-state index contributed by atoms with van der Waals surface area (Å²) in [7, 11) is -3.43. The number of nitrogens with zero attached hydrogens (tertiary/aromatic N) is 2. The van der Waals surface area contributed by atoms with E-state index in [9.17, 15) is 13.2 Å². The highest BCUT2D eigenvalue weighted by Gasteiger charge is 2.32. The van der Waals surface area contributed by atoms with Crippen LogP contribution in [0.2, 0.25) is 0 Å². The Labute approximate surface area is 138 Å². The van der Waals surface area contributed by atoms with Gasteiger partial charge in [-0.3, -0.25) is 10.1 Å². The quantitative estimate of drug-likeness (QED) is 0.906. The lowest BCUT2D eigenvalue weighted by Gasteiger charge is -2.29. The molecule has 0 atom stereocenters. The van der Waals surface area contributed by atoms with Gasteiger partial charge in [0.2, 0.25) is 11.8 Å². The minimum absolute atomic E-state index is 0.158. The lowest BCUT2D eigenvalue weighted by molar-refractivity contribution is -0.121. The summed E-state index contributed by atoms with van der Waals surface area (Å²) in [5.74, 6) is -0.0642. The molecule has 9 heteroatoms. The summed E-state index contributed by atoms with van der Waals surface area (Å²) < 4.78 is 31.6. The Bertz CT molecular complexity index is 775. The third-order valence-electron chi connectivity index (χ3n) is 3.79. The van der Waals surface area contributed by atoms with E-state index in [0.29, 0.717) is 41.7 Å². The van der Waals surface area contributed by atoms with Crippen LogP contribution in [-0.4, -0.2) is 36.9 Å². The van der Waals surface area contributed by atoms with E-state index in [0.717, 1.165) is 0 Å². The molecule has 2 aromatic rings.